The third kappa shape index (κ3) is 3.45. The van der Waals surface area contributed by atoms with Crippen LogP contribution in [0.1, 0.15) is 48.9 Å². The van der Waals surface area contributed by atoms with Gasteiger partial charge in [-0.25, -0.2) is 0 Å². The lowest BCUT2D eigenvalue weighted by Crippen LogP contribution is -2.63. The fraction of sp³-hybridized carbons (Fsp3) is 0.435. The Kier molecular flexibility index (Phi) is 5.28. The summed E-state index contributed by atoms with van der Waals surface area (Å²) in [5, 5.41) is 20.9. The molecule has 2 N–H and O–H groups in total. The zero-order chi connectivity index (χ0) is 19.7. The standard InChI is InChI=1S/C23H28N2O2/c1-17(2)19-7-9-20(10-8-19)23(27,22(3)15-25(4)16-22)21-12-18(6-5-11-26)13-24-14-21/h7-10,12-14,17,26-27H,6,15-16H2,1-4H3/t23-/m0/s1. The van der Waals surface area contributed by atoms with Crippen molar-refractivity contribution in [3.63, 3.8) is 0 Å². The van der Waals surface area contributed by atoms with Gasteiger partial charge in [0.1, 0.15) is 11.7 Å². The lowest BCUT2D eigenvalue weighted by molar-refractivity contribution is -0.127. The molecule has 0 amide bonds. The van der Waals surface area contributed by atoms with Crippen LogP contribution in [0.15, 0.2) is 42.7 Å². The van der Waals surface area contributed by atoms with Gasteiger partial charge >= 0.3 is 0 Å². The van der Waals surface area contributed by atoms with E-state index in [1.165, 1.54) is 5.56 Å². The fourth-order valence-electron chi connectivity index (χ4n) is 4.27. The van der Waals surface area contributed by atoms with Gasteiger partial charge in [-0.05, 0) is 35.7 Å². The fourth-order valence-corrected chi connectivity index (χ4v) is 4.27. The molecule has 2 heterocycles. The van der Waals surface area contributed by atoms with Gasteiger partial charge in [0.2, 0.25) is 0 Å². The van der Waals surface area contributed by atoms with E-state index in [-0.39, 0.29) is 5.41 Å². The molecule has 4 heteroatoms. The van der Waals surface area contributed by atoms with Crippen molar-refractivity contribution in [2.24, 2.45) is 5.41 Å². The molecule has 1 atom stereocenters. The number of benzene rings is 1. The highest BCUT2D eigenvalue weighted by atomic mass is 16.3. The van der Waals surface area contributed by atoms with Gasteiger partial charge in [0, 0.05) is 42.9 Å². The highest BCUT2D eigenvalue weighted by Crippen LogP contribution is 2.50. The first kappa shape index (κ1) is 19.4. The SMILES string of the molecule is CC(C)c1ccc([C@](O)(c2cncc(CC#CO)c2)C2(C)CN(C)C2)cc1. The van der Waals surface area contributed by atoms with Crippen LogP contribution in [0.2, 0.25) is 0 Å². The van der Waals surface area contributed by atoms with Gasteiger partial charge in [0.15, 0.2) is 0 Å². The third-order valence-electron chi connectivity index (χ3n) is 5.69. The highest BCUT2D eigenvalue weighted by Gasteiger charge is 2.55. The first-order valence-corrected chi connectivity index (χ1v) is 9.38. The van der Waals surface area contributed by atoms with E-state index in [0.29, 0.717) is 12.3 Å². The molecule has 4 nitrogen and oxygen atoms in total. The average Bonchev–Trinajstić information content (AvgIpc) is 2.64. The Bertz CT molecular complexity index is 858. The first-order chi connectivity index (χ1) is 12.8. The van der Waals surface area contributed by atoms with E-state index in [9.17, 15) is 5.11 Å². The number of rotatable bonds is 5. The molecular weight excluding hydrogens is 336 g/mol. The summed E-state index contributed by atoms with van der Waals surface area (Å²) in [6.07, 6.45) is 5.81. The van der Waals surface area contributed by atoms with E-state index in [2.05, 4.69) is 55.8 Å². The van der Waals surface area contributed by atoms with Crippen LogP contribution in [0, 0.1) is 17.4 Å². The minimum absolute atomic E-state index is 0.315. The predicted molar refractivity (Wildman–Crippen MR) is 107 cm³/mol. The van der Waals surface area contributed by atoms with Gasteiger partial charge in [-0.15, -0.1) is 0 Å². The van der Waals surface area contributed by atoms with Crippen LogP contribution in [-0.2, 0) is 12.0 Å². The maximum Gasteiger partial charge on any atom is 0.124 e. The Morgan fingerprint density at radius 1 is 1.19 bits per heavy atom. The number of aliphatic hydroxyl groups is 2. The normalized spacial score (nSPS) is 18.3. The molecule has 1 fully saturated rings. The Balaban J connectivity index is 2.09. The number of nitrogens with zero attached hydrogens (tertiary/aromatic N) is 2. The molecule has 0 radical (unpaired) electrons. The summed E-state index contributed by atoms with van der Waals surface area (Å²) in [4.78, 5) is 6.55. The second kappa shape index (κ2) is 7.34. The summed E-state index contributed by atoms with van der Waals surface area (Å²) >= 11 is 0. The molecule has 0 bridgehead atoms. The lowest BCUT2D eigenvalue weighted by atomic mass is 9.62. The summed E-state index contributed by atoms with van der Waals surface area (Å²) in [5.74, 6) is 3.10. The quantitative estimate of drug-likeness (QED) is 0.800. The second-order valence-electron chi connectivity index (χ2n) is 8.27. The minimum Gasteiger partial charge on any atom is -0.462 e. The van der Waals surface area contributed by atoms with Crippen LogP contribution in [0.3, 0.4) is 0 Å². The maximum absolute atomic E-state index is 12.1. The van der Waals surface area contributed by atoms with Crippen molar-refractivity contribution >= 4 is 0 Å². The maximum atomic E-state index is 12.1. The van der Waals surface area contributed by atoms with Crippen molar-refractivity contribution in [2.45, 2.75) is 38.7 Å². The van der Waals surface area contributed by atoms with Gasteiger partial charge in [0.25, 0.3) is 0 Å². The zero-order valence-electron chi connectivity index (χ0n) is 16.5. The summed E-state index contributed by atoms with van der Waals surface area (Å²) < 4.78 is 0. The number of aliphatic hydroxyl groups excluding tert-OH is 1. The van der Waals surface area contributed by atoms with Crippen molar-refractivity contribution < 1.29 is 10.2 Å². The van der Waals surface area contributed by atoms with Crippen molar-refractivity contribution in [1.82, 2.24) is 9.88 Å². The van der Waals surface area contributed by atoms with Crippen LogP contribution in [0.5, 0.6) is 0 Å². The van der Waals surface area contributed by atoms with Crippen molar-refractivity contribution in [2.75, 3.05) is 20.1 Å². The first-order valence-electron chi connectivity index (χ1n) is 9.38. The molecular formula is C23H28N2O2. The van der Waals surface area contributed by atoms with Crippen molar-refractivity contribution in [3.05, 3.63) is 65.0 Å². The summed E-state index contributed by atoms with van der Waals surface area (Å²) in [7, 11) is 2.07. The monoisotopic (exact) mass is 364 g/mol. The minimum atomic E-state index is -1.15. The highest BCUT2D eigenvalue weighted by molar-refractivity contribution is 5.42. The number of pyridine rings is 1. The predicted octanol–water partition coefficient (Wildman–Crippen LogP) is 3.27. The van der Waals surface area contributed by atoms with E-state index >= 15 is 0 Å². The summed E-state index contributed by atoms with van der Waals surface area (Å²) in [6, 6.07) is 10.2. The van der Waals surface area contributed by atoms with Gasteiger partial charge in [-0.2, -0.15) is 0 Å². The number of hydrogen-bond donors (Lipinski definition) is 2. The van der Waals surface area contributed by atoms with Gasteiger partial charge in [-0.1, -0.05) is 51.0 Å². The number of hydrogen-bond acceptors (Lipinski definition) is 4. The van der Waals surface area contributed by atoms with E-state index in [1.807, 2.05) is 24.3 Å². The van der Waals surface area contributed by atoms with Gasteiger partial charge in [-0.3, -0.25) is 4.98 Å². The summed E-state index contributed by atoms with van der Waals surface area (Å²) in [6.45, 7) is 8.06. The van der Waals surface area contributed by atoms with Gasteiger partial charge in [0.05, 0.1) is 0 Å². The van der Waals surface area contributed by atoms with E-state index in [0.717, 1.165) is 29.8 Å². The molecule has 27 heavy (non-hydrogen) atoms. The van der Waals surface area contributed by atoms with Crippen LogP contribution in [0.25, 0.3) is 0 Å². The Morgan fingerprint density at radius 2 is 1.85 bits per heavy atom. The molecule has 1 aliphatic rings. The van der Waals surface area contributed by atoms with Crippen molar-refractivity contribution in [1.29, 1.82) is 0 Å². The molecule has 1 saturated heterocycles. The molecule has 0 aliphatic carbocycles. The Morgan fingerprint density at radius 3 is 2.41 bits per heavy atom. The molecule has 3 rings (SSSR count). The molecule has 0 saturated carbocycles. The number of aromatic nitrogens is 1. The van der Waals surface area contributed by atoms with Crippen LogP contribution in [0.4, 0.5) is 0 Å². The molecule has 1 aliphatic heterocycles. The zero-order valence-corrected chi connectivity index (χ0v) is 16.5. The van der Waals surface area contributed by atoms with E-state index in [4.69, 9.17) is 5.11 Å². The van der Waals surface area contributed by atoms with E-state index in [1.54, 1.807) is 12.4 Å². The molecule has 0 unspecified atom stereocenters. The number of likely N-dealkylation sites (tertiary alicyclic amines) is 1. The van der Waals surface area contributed by atoms with E-state index < -0.39 is 5.60 Å². The Hall–Kier alpha value is -2.35. The second-order valence-corrected chi connectivity index (χ2v) is 8.27. The smallest absolute Gasteiger partial charge is 0.124 e. The average molecular weight is 364 g/mol. The molecule has 1 aromatic carbocycles. The van der Waals surface area contributed by atoms with Crippen LogP contribution < -0.4 is 0 Å². The lowest BCUT2D eigenvalue weighted by Gasteiger charge is -2.55. The largest absolute Gasteiger partial charge is 0.462 e. The molecule has 1 aromatic heterocycles. The third-order valence-corrected chi connectivity index (χ3v) is 5.69. The molecule has 0 spiro atoms. The Labute approximate surface area is 161 Å². The van der Waals surface area contributed by atoms with Crippen LogP contribution in [-0.4, -0.2) is 40.2 Å². The van der Waals surface area contributed by atoms with Crippen LogP contribution >= 0.6 is 0 Å². The topological polar surface area (TPSA) is 56.6 Å². The van der Waals surface area contributed by atoms with Crippen molar-refractivity contribution in [3.8, 4) is 12.0 Å². The molecule has 2 aromatic rings. The summed E-state index contributed by atoms with van der Waals surface area (Å²) in [5.41, 5.74) is 2.32. The molecule has 142 valence electrons. The van der Waals surface area contributed by atoms with Gasteiger partial charge < -0.3 is 15.1 Å².